The molecule has 6 rings (SSSR count). The zero-order valence-electron chi connectivity index (χ0n) is 34.8. The molecule has 14 nitrogen and oxygen atoms in total. The van der Waals surface area contributed by atoms with E-state index in [2.05, 4.69) is 69.5 Å². The minimum atomic E-state index is -0.657. The number of aromatic amines is 1. The maximum atomic E-state index is 13.9. The number of amidine groups is 1. The topological polar surface area (TPSA) is 170 Å². The standard InChI is InChI=1S/C44H60N8O6/c1-7-27(8-2)37(49-43(55)57-5)41(53)51-23-11-13-35(51)39-45-25-33(47-39)31-19-15-29(16-20-31)30-17-21-32(22-18-30)34-26-46-40(48-34)36-14-12-24-52(36)42(54)38(28(9-3)10-4)50-44(56)58-6/h15-22,25,27-28,34-38H,7-14,23-24,26H2,1-6H3,(H,45,47)(H,46,48)(H,49,55)(H,50,56)/t34?,35-,36-,37-,38-/m0/s1. The molecule has 2 saturated heterocycles. The van der Waals surface area contributed by atoms with Crippen molar-refractivity contribution in [3.05, 3.63) is 66.1 Å². The molecule has 2 aromatic carbocycles. The van der Waals surface area contributed by atoms with Gasteiger partial charge in [-0.25, -0.2) is 14.6 Å². The lowest BCUT2D eigenvalue weighted by Crippen LogP contribution is -2.55. The molecule has 0 bridgehead atoms. The maximum Gasteiger partial charge on any atom is 0.407 e. The highest BCUT2D eigenvalue weighted by Crippen LogP contribution is 2.34. The van der Waals surface area contributed by atoms with Crippen LogP contribution in [0.2, 0.25) is 0 Å². The zero-order chi connectivity index (χ0) is 41.3. The maximum absolute atomic E-state index is 13.9. The summed E-state index contributed by atoms with van der Waals surface area (Å²) in [7, 11) is 2.63. The van der Waals surface area contributed by atoms with E-state index in [0.717, 1.165) is 91.0 Å². The van der Waals surface area contributed by atoms with E-state index in [4.69, 9.17) is 19.5 Å². The Labute approximate surface area is 341 Å². The van der Waals surface area contributed by atoms with Gasteiger partial charge in [-0.1, -0.05) is 102 Å². The number of hydrogen-bond acceptors (Lipinski definition) is 9. The van der Waals surface area contributed by atoms with E-state index in [1.807, 2.05) is 43.7 Å². The summed E-state index contributed by atoms with van der Waals surface area (Å²) in [6.45, 7) is 9.95. The van der Waals surface area contributed by atoms with Crippen LogP contribution in [0, 0.1) is 11.8 Å². The Kier molecular flexibility index (Phi) is 14.1. The van der Waals surface area contributed by atoms with Gasteiger partial charge in [0.2, 0.25) is 11.8 Å². The number of ether oxygens (including phenoxy) is 2. The van der Waals surface area contributed by atoms with Gasteiger partial charge < -0.3 is 40.2 Å². The van der Waals surface area contributed by atoms with Crippen molar-refractivity contribution in [2.24, 2.45) is 16.8 Å². The number of likely N-dealkylation sites (tertiary alicyclic amines) is 2. The average Bonchev–Trinajstić information content (AvgIpc) is 4.10. The third-order valence-electron chi connectivity index (χ3n) is 12.4. The molecule has 1 unspecified atom stereocenters. The molecular weight excluding hydrogens is 737 g/mol. The lowest BCUT2D eigenvalue weighted by atomic mass is 9.93. The number of rotatable bonds is 15. The number of aromatic nitrogens is 2. The number of carbonyl (C=O) groups is 4. The average molecular weight is 797 g/mol. The van der Waals surface area contributed by atoms with E-state index in [9.17, 15) is 19.2 Å². The Bertz CT molecular complexity index is 1900. The van der Waals surface area contributed by atoms with E-state index in [1.165, 1.54) is 14.2 Å². The molecule has 3 aliphatic heterocycles. The number of hydrogen-bond donors (Lipinski definition) is 4. The third kappa shape index (κ3) is 9.16. The number of benzene rings is 2. The first-order valence-corrected chi connectivity index (χ1v) is 21.0. The Morgan fingerprint density at radius 3 is 1.72 bits per heavy atom. The molecule has 312 valence electrons. The van der Waals surface area contributed by atoms with E-state index in [-0.39, 0.29) is 41.8 Å². The van der Waals surface area contributed by atoms with Crippen molar-refractivity contribution in [3.63, 3.8) is 0 Å². The van der Waals surface area contributed by atoms with Crippen LogP contribution in [0.1, 0.15) is 103 Å². The Hall–Kier alpha value is -5.40. The summed E-state index contributed by atoms with van der Waals surface area (Å²) in [4.78, 5) is 68.9. The summed E-state index contributed by atoms with van der Waals surface area (Å²) >= 11 is 0. The first-order chi connectivity index (χ1) is 28.1. The van der Waals surface area contributed by atoms with Gasteiger partial charge in [-0.15, -0.1) is 0 Å². The number of carbonyl (C=O) groups excluding carboxylic acids is 4. The van der Waals surface area contributed by atoms with Crippen molar-refractivity contribution in [2.75, 3.05) is 33.9 Å². The van der Waals surface area contributed by atoms with Crippen molar-refractivity contribution in [1.29, 1.82) is 0 Å². The van der Waals surface area contributed by atoms with Gasteiger partial charge in [0, 0.05) is 13.1 Å². The normalized spacial score (nSPS) is 20.1. The molecule has 3 aliphatic rings. The highest BCUT2D eigenvalue weighted by molar-refractivity contribution is 5.95. The van der Waals surface area contributed by atoms with Gasteiger partial charge >= 0.3 is 12.2 Å². The molecule has 4 N–H and O–H groups in total. The second-order valence-corrected chi connectivity index (χ2v) is 15.6. The third-order valence-corrected chi connectivity index (χ3v) is 12.4. The van der Waals surface area contributed by atoms with Gasteiger partial charge in [-0.2, -0.15) is 0 Å². The summed E-state index contributed by atoms with van der Waals surface area (Å²) in [5, 5.41) is 9.22. The van der Waals surface area contributed by atoms with Crippen LogP contribution in [0.25, 0.3) is 22.4 Å². The highest BCUT2D eigenvalue weighted by Gasteiger charge is 2.41. The first kappa shape index (κ1) is 42.2. The quantitative estimate of drug-likeness (QED) is 0.131. The second kappa shape index (κ2) is 19.4. The fraction of sp³-hybridized carbons (Fsp3) is 0.545. The second-order valence-electron chi connectivity index (χ2n) is 15.6. The van der Waals surface area contributed by atoms with Crippen molar-refractivity contribution in [3.8, 4) is 22.4 Å². The monoisotopic (exact) mass is 796 g/mol. The lowest BCUT2D eigenvalue weighted by molar-refractivity contribution is -0.136. The van der Waals surface area contributed by atoms with Gasteiger partial charge in [-0.3, -0.25) is 14.6 Å². The Balaban J connectivity index is 1.08. The van der Waals surface area contributed by atoms with Crippen LogP contribution in [0.3, 0.4) is 0 Å². The molecule has 5 atom stereocenters. The molecule has 0 radical (unpaired) electrons. The molecule has 14 heteroatoms. The van der Waals surface area contributed by atoms with E-state index in [1.54, 1.807) is 0 Å². The predicted octanol–water partition coefficient (Wildman–Crippen LogP) is 6.76. The summed E-state index contributed by atoms with van der Waals surface area (Å²) in [6, 6.07) is 15.2. The SMILES string of the molecule is CCC(CC)[C@H](NC(=O)OC)C(=O)N1CCC[C@H]1C1=NCC(c2ccc(-c3ccc(-c4cnc([C@@H]5CCCN5C(=O)[C@@H](NC(=O)OC)C(CC)CC)[nH]4)cc3)cc2)N1. The van der Waals surface area contributed by atoms with Gasteiger partial charge in [0.05, 0.1) is 50.8 Å². The number of methoxy groups -OCH3 is 2. The van der Waals surface area contributed by atoms with Gasteiger partial charge in [0.25, 0.3) is 0 Å². The zero-order valence-corrected chi connectivity index (χ0v) is 34.8. The van der Waals surface area contributed by atoms with E-state index in [0.29, 0.717) is 19.6 Å². The molecule has 58 heavy (non-hydrogen) atoms. The Morgan fingerprint density at radius 2 is 1.21 bits per heavy atom. The van der Waals surface area contributed by atoms with E-state index < -0.39 is 24.3 Å². The minimum absolute atomic E-state index is 0.0000463. The number of amides is 4. The number of imidazole rings is 1. The van der Waals surface area contributed by atoms with Crippen molar-refractivity contribution in [1.82, 2.24) is 35.7 Å². The molecule has 0 saturated carbocycles. The molecule has 4 heterocycles. The van der Waals surface area contributed by atoms with Gasteiger partial charge in [0.1, 0.15) is 23.7 Å². The summed E-state index contributed by atoms with van der Waals surface area (Å²) < 4.78 is 9.70. The minimum Gasteiger partial charge on any atom is -0.453 e. The molecule has 0 aliphatic carbocycles. The van der Waals surface area contributed by atoms with Crippen molar-refractivity contribution >= 4 is 29.8 Å². The van der Waals surface area contributed by atoms with Gasteiger partial charge in [-0.05, 0) is 59.8 Å². The summed E-state index contributed by atoms with van der Waals surface area (Å²) in [5.74, 6) is 1.39. The van der Waals surface area contributed by atoms with Crippen molar-refractivity contribution in [2.45, 2.75) is 109 Å². The van der Waals surface area contributed by atoms with Crippen LogP contribution in [0.15, 0.2) is 59.7 Å². The van der Waals surface area contributed by atoms with Crippen LogP contribution >= 0.6 is 0 Å². The molecule has 4 amide bonds. The fourth-order valence-electron chi connectivity index (χ4n) is 8.89. The number of nitrogens with zero attached hydrogens (tertiary/aromatic N) is 4. The molecule has 3 aromatic rings. The number of aliphatic imine (C=N–C) groups is 1. The lowest BCUT2D eigenvalue weighted by Gasteiger charge is -2.32. The predicted molar refractivity (Wildman–Crippen MR) is 223 cm³/mol. The van der Waals surface area contributed by atoms with Crippen LogP contribution in [0.4, 0.5) is 9.59 Å². The highest BCUT2D eigenvalue weighted by atomic mass is 16.5. The van der Waals surface area contributed by atoms with Crippen LogP contribution in [-0.2, 0) is 19.1 Å². The summed E-state index contributed by atoms with van der Waals surface area (Å²) in [5.41, 5.74) is 5.15. The molecule has 2 fully saturated rings. The first-order valence-electron chi connectivity index (χ1n) is 21.0. The van der Waals surface area contributed by atoms with Crippen molar-refractivity contribution < 1.29 is 28.7 Å². The molecule has 1 aromatic heterocycles. The fourth-order valence-corrected chi connectivity index (χ4v) is 8.89. The van der Waals surface area contributed by atoms with Crippen LogP contribution in [0.5, 0.6) is 0 Å². The smallest absolute Gasteiger partial charge is 0.407 e. The number of H-pyrrole nitrogens is 1. The van der Waals surface area contributed by atoms with Crippen LogP contribution < -0.4 is 16.0 Å². The van der Waals surface area contributed by atoms with Crippen LogP contribution in [-0.4, -0.2) is 102 Å². The molecular formula is C44H60N8O6. The summed E-state index contributed by atoms with van der Waals surface area (Å²) in [6.07, 6.45) is 7.03. The number of nitrogens with one attached hydrogen (secondary N) is 4. The Morgan fingerprint density at radius 1 is 0.724 bits per heavy atom. The number of alkyl carbamates (subject to hydrolysis) is 2. The molecule has 0 spiro atoms. The largest absolute Gasteiger partial charge is 0.453 e. The van der Waals surface area contributed by atoms with E-state index >= 15 is 0 Å². The van der Waals surface area contributed by atoms with Gasteiger partial charge in [0.15, 0.2) is 0 Å².